The summed E-state index contributed by atoms with van der Waals surface area (Å²) in [5.41, 5.74) is 1.86. The number of nitrogens with zero attached hydrogens (tertiary/aromatic N) is 2. The van der Waals surface area contributed by atoms with E-state index in [9.17, 15) is 9.59 Å². The van der Waals surface area contributed by atoms with Crippen LogP contribution in [0.1, 0.15) is 5.69 Å². The third-order valence-electron chi connectivity index (χ3n) is 2.84. The molecule has 0 aliphatic carbocycles. The lowest BCUT2D eigenvalue weighted by molar-refractivity contribution is -0.116. The molecule has 0 saturated carbocycles. The number of nitrogens with one attached hydrogen (secondary N) is 1. The minimum absolute atomic E-state index is 0.133. The van der Waals surface area contributed by atoms with E-state index in [1.807, 2.05) is 24.3 Å². The summed E-state index contributed by atoms with van der Waals surface area (Å²) in [7, 11) is 0. The van der Waals surface area contributed by atoms with Crippen LogP contribution in [0.15, 0.2) is 41.7 Å². The van der Waals surface area contributed by atoms with Gasteiger partial charge in [-0.25, -0.2) is 4.98 Å². The van der Waals surface area contributed by atoms with Crippen molar-refractivity contribution in [3.05, 3.63) is 53.0 Å². The van der Waals surface area contributed by atoms with Crippen LogP contribution in [0, 0.1) is 6.92 Å². The van der Waals surface area contributed by atoms with Gasteiger partial charge >= 0.3 is 0 Å². The van der Waals surface area contributed by atoms with Gasteiger partial charge in [-0.15, -0.1) is 0 Å². The van der Waals surface area contributed by atoms with Gasteiger partial charge in [0, 0.05) is 13.1 Å². The smallest absolute Gasteiger partial charge is 0.272 e. The molecule has 0 bridgehead atoms. The zero-order valence-electron chi connectivity index (χ0n) is 10.7. The molecule has 0 unspecified atom stereocenters. The predicted octanol–water partition coefficient (Wildman–Crippen LogP) is 1.01. The molecule has 1 amide bonds. The fourth-order valence-electron chi connectivity index (χ4n) is 1.91. The Morgan fingerprint density at radius 2 is 2.21 bits per heavy atom. The summed E-state index contributed by atoms with van der Waals surface area (Å²) in [5.74, 6) is -0.247. The maximum absolute atomic E-state index is 12.1. The Morgan fingerprint density at radius 3 is 2.95 bits per heavy atom. The molecule has 0 aliphatic heterocycles. The number of fused-ring (bicyclic) bond motifs is 1. The first-order valence-corrected chi connectivity index (χ1v) is 6.00. The van der Waals surface area contributed by atoms with Gasteiger partial charge in [0.15, 0.2) is 0 Å². The molecule has 5 nitrogen and oxygen atoms in total. The zero-order chi connectivity index (χ0) is 13.8. The van der Waals surface area contributed by atoms with Gasteiger partial charge in [0.1, 0.15) is 5.69 Å². The molecule has 98 valence electrons. The van der Waals surface area contributed by atoms with Gasteiger partial charge in [-0.3, -0.25) is 9.59 Å². The second kappa shape index (κ2) is 5.48. The van der Waals surface area contributed by atoms with Gasteiger partial charge in [-0.1, -0.05) is 18.7 Å². The van der Waals surface area contributed by atoms with Crippen molar-refractivity contribution >= 4 is 16.9 Å². The van der Waals surface area contributed by atoms with Crippen molar-refractivity contribution in [1.29, 1.82) is 0 Å². The molecule has 0 fully saturated rings. The summed E-state index contributed by atoms with van der Waals surface area (Å²) in [6.45, 7) is 5.84. The Kier molecular flexibility index (Phi) is 3.75. The van der Waals surface area contributed by atoms with Crippen LogP contribution in [0.25, 0.3) is 11.0 Å². The van der Waals surface area contributed by atoms with Crippen LogP contribution in [0.5, 0.6) is 0 Å². The van der Waals surface area contributed by atoms with E-state index in [2.05, 4.69) is 16.9 Å². The Balaban J connectivity index is 2.35. The largest absolute Gasteiger partial charge is 0.351 e. The van der Waals surface area contributed by atoms with Crippen LogP contribution in [-0.2, 0) is 11.3 Å². The molecule has 0 atom stereocenters. The highest BCUT2D eigenvalue weighted by atomic mass is 16.1. The van der Waals surface area contributed by atoms with Gasteiger partial charge in [0.25, 0.3) is 5.56 Å². The van der Waals surface area contributed by atoms with Crippen molar-refractivity contribution < 1.29 is 4.79 Å². The van der Waals surface area contributed by atoms with Crippen molar-refractivity contribution in [3.63, 3.8) is 0 Å². The molecule has 1 heterocycles. The van der Waals surface area contributed by atoms with E-state index in [0.29, 0.717) is 18.8 Å². The fourth-order valence-corrected chi connectivity index (χ4v) is 1.91. The third-order valence-corrected chi connectivity index (χ3v) is 2.84. The second-order valence-electron chi connectivity index (χ2n) is 4.14. The number of aryl methyl sites for hydroxylation is 1. The van der Waals surface area contributed by atoms with E-state index in [1.165, 1.54) is 6.08 Å². The Bertz CT molecular complexity index is 689. The topological polar surface area (TPSA) is 64.0 Å². The molecule has 5 heteroatoms. The van der Waals surface area contributed by atoms with Gasteiger partial charge in [0.05, 0.1) is 11.0 Å². The first kappa shape index (κ1) is 13.0. The maximum Gasteiger partial charge on any atom is 0.272 e. The number of amides is 1. The van der Waals surface area contributed by atoms with E-state index < -0.39 is 0 Å². The first-order valence-electron chi connectivity index (χ1n) is 6.00. The molecule has 1 N–H and O–H groups in total. The number of rotatable bonds is 4. The van der Waals surface area contributed by atoms with Gasteiger partial charge in [-0.2, -0.15) is 0 Å². The summed E-state index contributed by atoms with van der Waals surface area (Å²) in [6.07, 6.45) is 1.21. The summed E-state index contributed by atoms with van der Waals surface area (Å²) >= 11 is 0. The van der Waals surface area contributed by atoms with Crippen molar-refractivity contribution in [2.24, 2.45) is 0 Å². The lowest BCUT2D eigenvalue weighted by Gasteiger charge is -2.11. The average molecular weight is 257 g/mol. The lowest BCUT2D eigenvalue weighted by Crippen LogP contribution is -2.31. The minimum Gasteiger partial charge on any atom is -0.351 e. The van der Waals surface area contributed by atoms with Crippen LogP contribution < -0.4 is 10.9 Å². The molecule has 0 spiro atoms. The van der Waals surface area contributed by atoms with E-state index in [4.69, 9.17) is 0 Å². The van der Waals surface area contributed by atoms with Crippen LogP contribution in [0.2, 0.25) is 0 Å². The van der Waals surface area contributed by atoms with Crippen LogP contribution in [0.4, 0.5) is 0 Å². The van der Waals surface area contributed by atoms with Gasteiger partial charge in [-0.05, 0) is 25.1 Å². The molecule has 2 rings (SSSR count). The molecule has 1 aromatic heterocycles. The highest BCUT2D eigenvalue weighted by Gasteiger charge is 2.07. The SMILES string of the molecule is C=CC(=O)NCCn1c(=O)c(C)nc2ccccc21. The number of benzene rings is 1. The van der Waals surface area contributed by atoms with E-state index in [0.717, 1.165) is 11.0 Å². The summed E-state index contributed by atoms with van der Waals surface area (Å²) in [4.78, 5) is 27.4. The van der Waals surface area contributed by atoms with Crippen LogP contribution >= 0.6 is 0 Å². The fraction of sp³-hybridized carbons (Fsp3) is 0.214. The van der Waals surface area contributed by atoms with Crippen LogP contribution in [0.3, 0.4) is 0 Å². The van der Waals surface area contributed by atoms with Crippen LogP contribution in [-0.4, -0.2) is 22.0 Å². The van der Waals surface area contributed by atoms with E-state index >= 15 is 0 Å². The third kappa shape index (κ3) is 2.70. The molecular formula is C14H15N3O2. The number of carbonyl (C=O) groups excluding carboxylic acids is 1. The molecule has 1 aromatic carbocycles. The Morgan fingerprint density at radius 1 is 1.47 bits per heavy atom. The molecular weight excluding hydrogens is 242 g/mol. The van der Waals surface area contributed by atoms with E-state index in [1.54, 1.807) is 11.5 Å². The molecule has 0 saturated heterocycles. The second-order valence-corrected chi connectivity index (χ2v) is 4.14. The molecule has 2 aromatic rings. The Labute approximate surface area is 110 Å². The van der Waals surface area contributed by atoms with E-state index in [-0.39, 0.29) is 11.5 Å². The van der Waals surface area contributed by atoms with Crippen molar-refractivity contribution in [1.82, 2.24) is 14.9 Å². The standard InChI is InChI=1S/C14H15N3O2/c1-3-13(18)15-8-9-17-12-7-5-4-6-11(12)16-10(2)14(17)19/h3-7H,1,8-9H2,2H3,(H,15,18). The predicted molar refractivity (Wildman–Crippen MR) is 73.9 cm³/mol. The highest BCUT2D eigenvalue weighted by Crippen LogP contribution is 2.09. The number of aromatic nitrogens is 2. The first-order chi connectivity index (χ1) is 9.13. The van der Waals surface area contributed by atoms with Crippen molar-refractivity contribution in [2.45, 2.75) is 13.5 Å². The summed E-state index contributed by atoms with van der Waals surface area (Å²) in [5, 5.41) is 2.66. The number of hydrogen-bond acceptors (Lipinski definition) is 3. The van der Waals surface area contributed by atoms with Crippen molar-refractivity contribution in [2.75, 3.05) is 6.54 Å². The molecule has 0 radical (unpaired) electrons. The molecule has 0 aliphatic rings. The lowest BCUT2D eigenvalue weighted by atomic mass is 10.2. The highest BCUT2D eigenvalue weighted by molar-refractivity contribution is 5.86. The number of carbonyl (C=O) groups is 1. The number of para-hydroxylation sites is 2. The normalized spacial score (nSPS) is 10.4. The molecule has 19 heavy (non-hydrogen) atoms. The average Bonchev–Trinajstić information content (AvgIpc) is 2.42. The van der Waals surface area contributed by atoms with Gasteiger partial charge < -0.3 is 9.88 Å². The van der Waals surface area contributed by atoms with Crippen molar-refractivity contribution in [3.8, 4) is 0 Å². The zero-order valence-corrected chi connectivity index (χ0v) is 10.7. The maximum atomic E-state index is 12.1. The summed E-state index contributed by atoms with van der Waals surface area (Å²) < 4.78 is 1.63. The number of hydrogen-bond donors (Lipinski definition) is 1. The van der Waals surface area contributed by atoms with Gasteiger partial charge in [0.2, 0.25) is 5.91 Å². The summed E-state index contributed by atoms with van der Waals surface area (Å²) in [6, 6.07) is 7.44. The monoisotopic (exact) mass is 257 g/mol. The Hall–Kier alpha value is -2.43. The quantitative estimate of drug-likeness (QED) is 0.831. The minimum atomic E-state index is -0.247.